The van der Waals surface area contributed by atoms with Crippen LogP contribution >= 0.6 is 11.3 Å². The topological polar surface area (TPSA) is 34.1 Å². The number of nitrogens with zero attached hydrogens (tertiary/aromatic N) is 1. The van der Waals surface area contributed by atoms with Crippen molar-refractivity contribution in [1.82, 2.24) is 10.3 Å². The van der Waals surface area contributed by atoms with Gasteiger partial charge in [0.15, 0.2) is 0 Å². The van der Waals surface area contributed by atoms with Crippen molar-refractivity contribution in [3.8, 4) is 0 Å². The summed E-state index contributed by atoms with van der Waals surface area (Å²) in [6, 6.07) is 0. The van der Waals surface area contributed by atoms with E-state index in [0.717, 1.165) is 26.1 Å². The Balaban J connectivity index is 2.45. The zero-order chi connectivity index (χ0) is 14.3. The van der Waals surface area contributed by atoms with Crippen LogP contribution in [-0.4, -0.2) is 31.8 Å². The van der Waals surface area contributed by atoms with Gasteiger partial charge in [0.1, 0.15) is 0 Å². The van der Waals surface area contributed by atoms with Crippen LogP contribution in [0.1, 0.15) is 44.8 Å². The maximum Gasteiger partial charge on any atom is 0.0931 e. The molecule has 0 bridgehead atoms. The maximum atomic E-state index is 5.04. The van der Waals surface area contributed by atoms with Crippen molar-refractivity contribution in [3.63, 3.8) is 0 Å². The minimum Gasteiger partial charge on any atom is -0.383 e. The highest BCUT2D eigenvalue weighted by atomic mass is 32.1. The molecule has 0 spiro atoms. The molecule has 1 aromatic heterocycles. The lowest BCUT2D eigenvalue weighted by Crippen LogP contribution is -2.27. The molecule has 0 fully saturated rings. The Labute approximate surface area is 121 Å². The van der Waals surface area contributed by atoms with Crippen molar-refractivity contribution in [2.75, 3.05) is 26.8 Å². The molecule has 0 aliphatic heterocycles. The molecular formula is C15H28N2OS. The molecule has 0 radical (unpaired) electrons. The molecular weight excluding hydrogens is 256 g/mol. The van der Waals surface area contributed by atoms with E-state index in [2.05, 4.69) is 38.4 Å². The van der Waals surface area contributed by atoms with E-state index in [1.807, 2.05) is 0 Å². The molecule has 0 saturated heterocycles. The third-order valence-corrected chi connectivity index (χ3v) is 4.15. The highest BCUT2D eigenvalue weighted by Gasteiger charge is 2.18. The number of nitrogens with one attached hydrogen (secondary N) is 1. The van der Waals surface area contributed by atoms with Crippen molar-refractivity contribution in [2.24, 2.45) is 5.92 Å². The lowest BCUT2D eigenvalue weighted by atomic mass is 9.93. The molecule has 19 heavy (non-hydrogen) atoms. The first-order valence-electron chi connectivity index (χ1n) is 7.12. The smallest absolute Gasteiger partial charge is 0.0931 e. The minimum absolute atomic E-state index is 0.160. The summed E-state index contributed by atoms with van der Waals surface area (Å²) >= 11 is 1.80. The quantitative estimate of drug-likeness (QED) is 0.744. The fourth-order valence-corrected chi connectivity index (χ4v) is 2.97. The number of ether oxygens (including phenoxy) is 1. The second kappa shape index (κ2) is 7.98. The number of methoxy groups -OCH3 is 1. The van der Waals surface area contributed by atoms with Crippen LogP contribution in [0.4, 0.5) is 0 Å². The Kier molecular flexibility index (Phi) is 6.97. The molecule has 0 aromatic carbocycles. The van der Waals surface area contributed by atoms with E-state index in [1.165, 1.54) is 17.1 Å². The summed E-state index contributed by atoms with van der Waals surface area (Å²) in [6.07, 6.45) is 2.27. The summed E-state index contributed by atoms with van der Waals surface area (Å²) in [5.41, 5.74) is 1.38. The fraction of sp³-hybridized carbons (Fsp3) is 0.800. The SMILES string of the molecule is CCC(CNCCOC)Cc1nc(C(C)(C)C)cs1. The third kappa shape index (κ3) is 6.02. The maximum absolute atomic E-state index is 5.04. The molecule has 1 unspecified atom stereocenters. The van der Waals surface area contributed by atoms with E-state index in [4.69, 9.17) is 9.72 Å². The molecule has 0 saturated carbocycles. The Morgan fingerprint density at radius 3 is 2.68 bits per heavy atom. The number of hydrogen-bond donors (Lipinski definition) is 1. The number of rotatable bonds is 8. The molecule has 1 atom stereocenters. The summed E-state index contributed by atoms with van der Waals surface area (Å²) in [6.45, 7) is 11.7. The van der Waals surface area contributed by atoms with Crippen LogP contribution in [0, 0.1) is 5.92 Å². The number of thiazole rings is 1. The Morgan fingerprint density at radius 1 is 1.42 bits per heavy atom. The van der Waals surface area contributed by atoms with Crippen molar-refractivity contribution in [2.45, 2.75) is 46.0 Å². The van der Waals surface area contributed by atoms with Crippen molar-refractivity contribution in [3.05, 3.63) is 16.1 Å². The predicted octanol–water partition coefficient (Wildman–Crippen LogP) is 3.25. The Hall–Kier alpha value is -0.450. The summed E-state index contributed by atoms with van der Waals surface area (Å²) in [5.74, 6) is 0.663. The van der Waals surface area contributed by atoms with E-state index >= 15 is 0 Å². The molecule has 3 nitrogen and oxygen atoms in total. The standard InChI is InChI=1S/C15H28N2OS/c1-6-12(10-16-7-8-18-5)9-14-17-13(11-19-14)15(2,3)4/h11-12,16H,6-10H2,1-5H3. The average Bonchev–Trinajstić information content (AvgIpc) is 2.81. The minimum atomic E-state index is 0.160. The number of aromatic nitrogens is 1. The Bertz CT molecular complexity index is 357. The van der Waals surface area contributed by atoms with Gasteiger partial charge in [0, 0.05) is 30.9 Å². The van der Waals surface area contributed by atoms with E-state index in [-0.39, 0.29) is 5.41 Å². The Morgan fingerprint density at radius 2 is 2.16 bits per heavy atom. The van der Waals surface area contributed by atoms with E-state index < -0.39 is 0 Å². The van der Waals surface area contributed by atoms with Gasteiger partial charge < -0.3 is 10.1 Å². The molecule has 110 valence electrons. The monoisotopic (exact) mass is 284 g/mol. The van der Waals surface area contributed by atoms with Crippen molar-refractivity contribution < 1.29 is 4.74 Å². The highest BCUT2D eigenvalue weighted by molar-refractivity contribution is 7.09. The van der Waals surface area contributed by atoms with E-state index in [0.29, 0.717) is 5.92 Å². The van der Waals surface area contributed by atoms with Gasteiger partial charge in [0.05, 0.1) is 17.3 Å². The van der Waals surface area contributed by atoms with Crippen LogP contribution in [0.3, 0.4) is 0 Å². The van der Waals surface area contributed by atoms with Crippen LogP contribution < -0.4 is 5.32 Å². The van der Waals surface area contributed by atoms with Gasteiger partial charge in [-0.3, -0.25) is 0 Å². The van der Waals surface area contributed by atoms with Gasteiger partial charge in [0.25, 0.3) is 0 Å². The number of hydrogen-bond acceptors (Lipinski definition) is 4. The second-order valence-corrected chi connectivity index (χ2v) is 6.99. The van der Waals surface area contributed by atoms with E-state index in [1.54, 1.807) is 18.4 Å². The van der Waals surface area contributed by atoms with Gasteiger partial charge in [-0.1, -0.05) is 34.1 Å². The fourth-order valence-electron chi connectivity index (χ4n) is 1.84. The van der Waals surface area contributed by atoms with Gasteiger partial charge in [-0.05, 0) is 12.5 Å². The summed E-state index contributed by atoms with van der Waals surface area (Å²) in [4.78, 5) is 4.78. The van der Waals surface area contributed by atoms with Crippen LogP contribution in [0.15, 0.2) is 5.38 Å². The molecule has 0 aliphatic carbocycles. The van der Waals surface area contributed by atoms with Crippen LogP contribution in [-0.2, 0) is 16.6 Å². The first kappa shape index (κ1) is 16.6. The molecule has 0 amide bonds. The third-order valence-electron chi connectivity index (χ3n) is 3.28. The van der Waals surface area contributed by atoms with Gasteiger partial charge in [0.2, 0.25) is 0 Å². The zero-order valence-electron chi connectivity index (χ0n) is 13.0. The first-order chi connectivity index (χ1) is 8.97. The molecule has 0 aliphatic rings. The van der Waals surface area contributed by atoms with Gasteiger partial charge in [-0.25, -0.2) is 4.98 Å². The normalized spacial score (nSPS) is 13.7. The summed E-state index contributed by atoms with van der Waals surface area (Å²) < 4.78 is 5.04. The van der Waals surface area contributed by atoms with Gasteiger partial charge in [-0.15, -0.1) is 11.3 Å². The molecule has 1 heterocycles. The molecule has 1 rings (SSSR count). The lowest BCUT2D eigenvalue weighted by Gasteiger charge is -2.15. The largest absolute Gasteiger partial charge is 0.383 e. The van der Waals surface area contributed by atoms with Crippen molar-refractivity contribution in [1.29, 1.82) is 0 Å². The summed E-state index contributed by atoms with van der Waals surface area (Å²) in [7, 11) is 1.74. The predicted molar refractivity (Wildman–Crippen MR) is 83.0 cm³/mol. The zero-order valence-corrected chi connectivity index (χ0v) is 13.8. The summed E-state index contributed by atoms with van der Waals surface area (Å²) in [5, 5.41) is 6.92. The van der Waals surface area contributed by atoms with Gasteiger partial charge in [-0.2, -0.15) is 0 Å². The van der Waals surface area contributed by atoms with Gasteiger partial charge >= 0.3 is 0 Å². The van der Waals surface area contributed by atoms with E-state index in [9.17, 15) is 0 Å². The van der Waals surface area contributed by atoms with Crippen LogP contribution in [0.5, 0.6) is 0 Å². The lowest BCUT2D eigenvalue weighted by molar-refractivity contribution is 0.197. The second-order valence-electron chi connectivity index (χ2n) is 6.05. The molecule has 1 aromatic rings. The van der Waals surface area contributed by atoms with Crippen LogP contribution in [0.25, 0.3) is 0 Å². The average molecular weight is 284 g/mol. The van der Waals surface area contributed by atoms with Crippen LogP contribution in [0.2, 0.25) is 0 Å². The molecule has 4 heteroatoms. The first-order valence-corrected chi connectivity index (χ1v) is 7.99. The molecule has 1 N–H and O–H groups in total. The van der Waals surface area contributed by atoms with Crippen molar-refractivity contribution >= 4 is 11.3 Å². The highest BCUT2D eigenvalue weighted by Crippen LogP contribution is 2.25.